The van der Waals surface area contributed by atoms with Crippen LogP contribution in [-0.4, -0.2) is 30.4 Å². The van der Waals surface area contributed by atoms with Crippen LogP contribution in [0.4, 0.5) is 10.2 Å². The number of rotatable bonds is 3. The molecule has 1 aromatic rings. The highest BCUT2D eigenvalue weighted by Crippen LogP contribution is 2.19. The minimum atomic E-state index is -0.722. The fraction of sp³-hybridized carbons (Fsp3) is 0.455. The number of anilines is 1. The number of Topliss-reactive ketones (excluding diaryl/α,β-unsaturated/α-hetero) is 1. The van der Waals surface area contributed by atoms with Gasteiger partial charge in [0, 0.05) is 13.1 Å². The number of nitrogens with zero attached hydrogens (tertiary/aromatic N) is 2. The van der Waals surface area contributed by atoms with Gasteiger partial charge in [-0.25, -0.2) is 4.98 Å². The Hall–Kier alpha value is -1.49. The van der Waals surface area contributed by atoms with Gasteiger partial charge in [0.25, 0.3) is 0 Å². The summed E-state index contributed by atoms with van der Waals surface area (Å²) in [6.45, 7) is 1.61. The standard InChI is InChI=1S/C11H14FN3O/c12-11-8(9(16)7-13)3-4-10(14-11)15-5-1-2-6-15/h3-4H,1-2,5-7,13H2. The molecule has 16 heavy (non-hydrogen) atoms. The van der Waals surface area contributed by atoms with Gasteiger partial charge in [-0.15, -0.1) is 0 Å². The summed E-state index contributed by atoms with van der Waals surface area (Å²) in [5.74, 6) is -0.540. The molecular weight excluding hydrogens is 209 g/mol. The normalized spacial score (nSPS) is 15.5. The first kappa shape index (κ1) is 11.0. The van der Waals surface area contributed by atoms with Crippen molar-refractivity contribution in [1.29, 1.82) is 0 Å². The van der Waals surface area contributed by atoms with Crippen molar-refractivity contribution in [3.8, 4) is 0 Å². The maximum Gasteiger partial charge on any atom is 0.225 e. The molecule has 5 heteroatoms. The van der Waals surface area contributed by atoms with Crippen molar-refractivity contribution in [2.24, 2.45) is 5.73 Å². The Morgan fingerprint density at radius 2 is 2.12 bits per heavy atom. The number of aromatic nitrogens is 1. The van der Waals surface area contributed by atoms with Crippen molar-refractivity contribution in [1.82, 2.24) is 4.98 Å². The van der Waals surface area contributed by atoms with Gasteiger partial charge in [0.1, 0.15) is 5.82 Å². The Labute approximate surface area is 93.3 Å². The van der Waals surface area contributed by atoms with Crippen molar-refractivity contribution in [2.75, 3.05) is 24.5 Å². The van der Waals surface area contributed by atoms with Crippen molar-refractivity contribution in [3.05, 3.63) is 23.6 Å². The lowest BCUT2D eigenvalue weighted by atomic mass is 10.2. The molecule has 1 fully saturated rings. The fourth-order valence-corrected chi connectivity index (χ4v) is 1.86. The lowest BCUT2D eigenvalue weighted by molar-refractivity contribution is 0.0996. The summed E-state index contributed by atoms with van der Waals surface area (Å²) in [6, 6.07) is 3.14. The van der Waals surface area contributed by atoms with Crippen molar-refractivity contribution in [2.45, 2.75) is 12.8 Å². The predicted octanol–water partition coefficient (Wildman–Crippen LogP) is 0.962. The van der Waals surface area contributed by atoms with Crippen molar-refractivity contribution < 1.29 is 9.18 Å². The molecule has 2 N–H and O–H groups in total. The van der Waals surface area contributed by atoms with E-state index in [0.29, 0.717) is 5.82 Å². The molecule has 86 valence electrons. The van der Waals surface area contributed by atoms with Crippen molar-refractivity contribution in [3.63, 3.8) is 0 Å². The third-order valence-electron chi connectivity index (χ3n) is 2.75. The SMILES string of the molecule is NCC(=O)c1ccc(N2CCCC2)nc1F. The molecule has 0 unspecified atom stereocenters. The van der Waals surface area contributed by atoms with Crippen LogP contribution in [0.5, 0.6) is 0 Å². The predicted molar refractivity (Wildman–Crippen MR) is 59.0 cm³/mol. The molecule has 0 spiro atoms. The van der Waals surface area contributed by atoms with Gasteiger partial charge in [-0.05, 0) is 25.0 Å². The van der Waals surface area contributed by atoms with E-state index in [4.69, 9.17) is 5.73 Å². The average Bonchev–Trinajstić information content (AvgIpc) is 2.81. The lowest BCUT2D eigenvalue weighted by Gasteiger charge is -2.16. The monoisotopic (exact) mass is 223 g/mol. The van der Waals surface area contributed by atoms with Crippen LogP contribution in [-0.2, 0) is 0 Å². The van der Waals surface area contributed by atoms with Gasteiger partial charge in [0.2, 0.25) is 5.95 Å². The zero-order valence-corrected chi connectivity index (χ0v) is 8.95. The summed E-state index contributed by atoms with van der Waals surface area (Å²) in [4.78, 5) is 17.1. The summed E-state index contributed by atoms with van der Waals surface area (Å²) in [7, 11) is 0. The summed E-state index contributed by atoms with van der Waals surface area (Å²) in [6.07, 6.45) is 2.21. The maximum absolute atomic E-state index is 13.5. The smallest absolute Gasteiger partial charge is 0.225 e. The number of hydrogen-bond donors (Lipinski definition) is 1. The van der Waals surface area contributed by atoms with E-state index in [1.807, 2.05) is 4.90 Å². The van der Waals surface area contributed by atoms with E-state index in [0.717, 1.165) is 25.9 Å². The molecule has 0 aliphatic carbocycles. The number of carbonyl (C=O) groups excluding carboxylic acids is 1. The van der Waals surface area contributed by atoms with E-state index in [1.54, 1.807) is 6.07 Å². The van der Waals surface area contributed by atoms with Gasteiger partial charge in [-0.2, -0.15) is 4.39 Å². The van der Waals surface area contributed by atoms with Crippen LogP contribution in [0.2, 0.25) is 0 Å². The van der Waals surface area contributed by atoms with E-state index in [9.17, 15) is 9.18 Å². The highest BCUT2D eigenvalue weighted by molar-refractivity contribution is 5.97. The Bertz CT molecular complexity index is 402. The highest BCUT2D eigenvalue weighted by Gasteiger charge is 2.17. The number of pyridine rings is 1. The number of halogens is 1. The average molecular weight is 223 g/mol. The van der Waals surface area contributed by atoms with Crippen LogP contribution < -0.4 is 10.6 Å². The van der Waals surface area contributed by atoms with E-state index in [-0.39, 0.29) is 12.1 Å². The second-order valence-corrected chi connectivity index (χ2v) is 3.83. The molecule has 1 aromatic heterocycles. The van der Waals surface area contributed by atoms with Crippen molar-refractivity contribution >= 4 is 11.6 Å². The minimum absolute atomic E-state index is 0.0227. The first-order chi connectivity index (χ1) is 7.72. The number of ketones is 1. The molecule has 1 aliphatic rings. The van der Waals surface area contributed by atoms with Crippen LogP contribution in [0.3, 0.4) is 0 Å². The van der Waals surface area contributed by atoms with Gasteiger partial charge in [0.15, 0.2) is 5.78 Å². The van der Waals surface area contributed by atoms with Crippen LogP contribution in [0.15, 0.2) is 12.1 Å². The largest absolute Gasteiger partial charge is 0.357 e. The summed E-state index contributed by atoms with van der Waals surface area (Å²) in [5, 5.41) is 0. The number of nitrogens with two attached hydrogens (primary N) is 1. The highest BCUT2D eigenvalue weighted by atomic mass is 19.1. The second kappa shape index (κ2) is 4.57. The maximum atomic E-state index is 13.5. The van der Waals surface area contributed by atoms with Crippen LogP contribution in [0, 0.1) is 5.95 Å². The molecule has 0 radical (unpaired) electrons. The second-order valence-electron chi connectivity index (χ2n) is 3.83. The third kappa shape index (κ3) is 2.04. The zero-order valence-electron chi connectivity index (χ0n) is 8.95. The van der Waals surface area contributed by atoms with E-state index >= 15 is 0 Å². The molecule has 0 amide bonds. The van der Waals surface area contributed by atoms with Gasteiger partial charge in [-0.1, -0.05) is 0 Å². The summed E-state index contributed by atoms with van der Waals surface area (Å²) < 4.78 is 13.5. The topological polar surface area (TPSA) is 59.2 Å². The summed E-state index contributed by atoms with van der Waals surface area (Å²) in [5.41, 5.74) is 5.16. The van der Waals surface area contributed by atoms with Gasteiger partial charge >= 0.3 is 0 Å². The quantitative estimate of drug-likeness (QED) is 0.612. The molecule has 2 heterocycles. The Kier molecular flexibility index (Phi) is 3.14. The molecule has 2 rings (SSSR count). The first-order valence-electron chi connectivity index (χ1n) is 5.37. The Balaban J connectivity index is 2.25. The van der Waals surface area contributed by atoms with Crippen LogP contribution in [0.1, 0.15) is 23.2 Å². The lowest BCUT2D eigenvalue weighted by Crippen LogP contribution is -2.21. The fourth-order valence-electron chi connectivity index (χ4n) is 1.86. The Morgan fingerprint density at radius 1 is 1.44 bits per heavy atom. The zero-order chi connectivity index (χ0) is 11.5. The summed E-state index contributed by atoms with van der Waals surface area (Å²) >= 11 is 0. The molecule has 1 saturated heterocycles. The molecule has 0 atom stereocenters. The van der Waals surface area contributed by atoms with Crippen LogP contribution in [0.25, 0.3) is 0 Å². The van der Waals surface area contributed by atoms with Gasteiger partial charge in [0.05, 0.1) is 12.1 Å². The van der Waals surface area contributed by atoms with Crippen LogP contribution >= 0.6 is 0 Å². The molecular formula is C11H14FN3O. The number of hydrogen-bond acceptors (Lipinski definition) is 4. The molecule has 0 bridgehead atoms. The molecule has 4 nitrogen and oxygen atoms in total. The Morgan fingerprint density at radius 3 is 2.69 bits per heavy atom. The van der Waals surface area contributed by atoms with E-state index in [2.05, 4.69) is 4.98 Å². The van der Waals surface area contributed by atoms with E-state index in [1.165, 1.54) is 6.07 Å². The molecule has 0 saturated carbocycles. The third-order valence-corrected chi connectivity index (χ3v) is 2.75. The minimum Gasteiger partial charge on any atom is -0.357 e. The number of carbonyl (C=O) groups is 1. The first-order valence-corrected chi connectivity index (χ1v) is 5.37. The van der Waals surface area contributed by atoms with E-state index < -0.39 is 11.7 Å². The molecule has 1 aliphatic heterocycles. The molecule has 0 aromatic carbocycles. The van der Waals surface area contributed by atoms with Gasteiger partial charge in [-0.3, -0.25) is 4.79 Å². The van der Waals surface area contributed by atoms with Gasteiger partial charge < -0.3 is 10.6 Å².